The van der Waals surface area contributed by atoms with E-state index >= 15 is 0 Å². The maximum absolute atomic E-state index is 14.0. The molecule has 0 aliphatic rings. The summed E-state index contributed by atoms with van der Waals surface area (Å²) in [7, 11) is -5.67. The van der Waals surface area contributed by atoms with Crippen LogP contribution < -0.4 is 0 Å². The summed E-state index contributed by atoms with van der Waals surface area (Å²) in [6.07, 6.45) is -0.500. The minimum atomic E-state index is -4.84. The quantitative estimate of drug-likeness (QED) is 0.141. The van der Waals surface area contributed by atoms with Crippen LogP contribution >= 0.6 is 16.1 Å². The van der Waals surface area contributed by atoms with E-state index in [1.807, 2.05) is 97.1 Å². The fourth-order valence-electron chi connectivity index (χ4n) is 3.76. The predicted octanol–water partition coefficient (Wildman–Crippen LogP) is 7.51. The van der Waals surface area contributed by atoms with Gasteiger partial charge in [0.1, 0.15) is 0 Å². The number of benzene rings is 4. The topological polar surface area (TPSA) is 82.1 Å². The molecule has 0 saturated heterocycles. The summed E-state index contributed by atoms with van der Waals surface area (Å²) in [5, 5.41) is -2.44. The molecule has 4 aromatic carbocycles. The van der Waals surface area contributed by atoms with Gasteiger partial charge in [-0.2, -0.15) is 0 Å². The van der Waals surface area contributed by atoms with E-state index in [1.165, 1.54) is 0 Å². The molecule has 0 aliphatic heterocycles. The minimum Gasteiger partial charge on any atom is -0.326 e. The molecular weight excluding hydrogens is 506 g/mol. The highest BCUT2D eigenvalue weighted by molar-refractivity contribution is 7.63. The van der Waals surface area contributed by atoms with E-state index in [9.17, 15) is 14.0 Å². The van der Waals surface area contributed by atoms with Gasteiger partial charge in [-0.25, -0.2) is 0 Å². The van der Waals surface area contributed by atoms with Crippen LogP contribution in [0.3, 0.4) is 0 Å². The van der Waals surface area contributed by atoms with Crippen molar-refractivity contribution in [2.24, 2.45) is 0 Å². The second kappa shape index (κ2) is 13.0. The predicted molar refractivity (Wildman–Crippen MR) is 143 cm³/mol. The van der Waals surface area contributed by atoms with Gasteiger partial charge in [-0.1, -0.05) is 121 Å². The molecule has 0 saturated carbocycles. The molecule has 0 heterocycles. The zero-order chi connectivity index (χ0) is 26.0. The first-order chi connectivity index (χ1) is 18.0. The van der Waals surface area contributed by atoms with Gasteiger partial charge in [0.2, 0.25) is 8.46 Å². The Bertz CT molecular complexity index is 1240. The van der Waals surface area contributed by atoms with E-state index in [-0.39, 0.29) is 13.2 Å². The second-order valence-corrected chi connectivity index (χ2v) is 11.4. The van der Waals surface area contributed by atoms with Crippen LogP contribution in [0.5, 0.6) is 0 Å². The molecule has 0 aromatic heterocycles. The second-order valence-electron chi connectivity index (χ2n) is 8.40. The highest BCUT2D eigenvalue weighted by Gasteiger charge is 2.55. The Hall–Kier alpha value is -2.95. The van der Waals surface area contributed by atoms with Gasteiger partial charge in [0.05, 0.1) is 19.3 Å². The van der Waals surface area contributed by atoms with Gasteiger partial charge in [-0.15, -0.1) is 0 Å². The van der Waals surface area contributed by atoms with E-state index in [0.717, 1.165) is 16.7 Å². The van der Waals surface area contributed by atoms with Crippen LogP contribution in [-0.2, 0) is 42.8 Å². The normalized spacial score (nSPS) is 14.2. The molecule has 0 fully saturated rings. The Morgan fingerprint density at radius 1 is 0.676 bits per heavy atom. The average Bonchev–Trinajstić information content (AvgIpc) is 2.95. The van der Waals surface area contributed by atoms with Crippen molar-refractivity contribution in [3.8, 4) is 0 Å². The van der Waals surface area contributed by atoms with Gasteiger partial charge in [-0.3, -0.25) is 13.7 Å². The molecule has 0 amide bonds. The number of hydrogen-bond acceptors (Lipinski definition) is 5. The molecule has 1 N–H and O–H groups in total. The van der Waals surface area contributed by atoms with Crippen molar-refractivity contribution in [1.82, 2.24) is 0 Å². The molecule has 190 valence electrons. The fourth-order valence-corrected chi connectivity index (χ4v) is 5.68. The van der Waals surface area contributed by atoms with Gasteiger partial charge >= 0.3 is 12.9 Å². The molecule has 2 atom stereocenters. The summed E-state index contributed by atoms with van der Waals surface area (Å²) in [6.45, 7) is -0.207. The van der Waals surface area contributed by atoms with E-state index < -0.39 is 27.4 Å². The lowest BCUT2D eigenvalue weighted by atomic mass is 10.0. The smallest absolute Gasteiger partial charge is 0.326 e. The average molecular weight is 534 g/mol. The van der Waals surface area contributed by atoms with E-state index in [4.69, 9.17) is 14.0 Å². The van der Waals surface area contributed by atoms with Crippen LogP contribution in [0.15, 0.2) is 121 Å². The lowest BCUT2D eigenvalue weighted by molar-refractivity contribution is -0.149. The van der Waals surface area contributed by atoms with Crippen molar-refractivity contribution in [2.75, 3.05) is 0 Å². The SMILES string of the molecule is O=PC(OCc1ccccc1)(OCc1ccccc1)P(=O)(O)OC(Cc1ccccc1)c1ccccc1. The number of rotatable bonds is 13. The van der Waals surface area contributed by atoms with Gasteiger partial charge in [0, 0.05) is 6.42 Å². The molecule has 0 bridgehead atoms. The first-order valence-corrected chi connectivity index (χ1v) is 14.2. The summed E-state index contributed by atoms with van der Waals surface area (Å²) >= 11 is 0. The maximum atomic E-state index is 14.0. The first-order valence-electron chi connectivity index (χ1n) is 11.8. The molecule has 6 nitrogen and oxygen atoms in total. The van der Waals surface area contributed by atoms with Crippen molar-refractivity contribution in [1.29, 1.82) is 0 Å². The standard InChI is InChI=1S/C29H28O6P2/c30-36-29(33-22-25-15-7-2-8-16-25,34-23-26-17-9-3-10-18-26)37(31,32)35-28(27-19-11-4-12-20-27)21-24-13-5-1-6-14-24/h1-20,28H,21-23H2,(H,31,32). The third kappa shape index (κ3) is 7.30. The van der Waals surface area contributed by atoms with E-state index in [1.54, 1.807) is 24.3 Å². The van der Waals surface area contributed by atoms with Crippen molar-refractivity contribution in [3.05, 3.63) is 144 Å². The van der Waals surface area contributed by atoms with Crippen LogP contribution in [-0.4, -0.2) is 10.2 Å². The summed E-state index contributed by atoms with van der Waals surface area (Å²) in [6, 6.07) is 36.8. The first kappa shape index (κ1) is 27.1. The van der Waals surface area contributed by atoms with Crippen LogP contribution in [0.1, 0.15) is 28.4 Å². The molecular formula is C29H28O6P2. The summed E-state index contributed by atoms with van der Waals surface area (Å²) < 4.78 is 44.2. The van der Waals surface area contributed by atoms with Gasteiger partial charge in [0.25, 0.3) is 0 Å². The maximum Gasteiger partial charge on any atom is 0.400 e. The van der Waals surface area contributed by atoms with Crippen molar-refractivity contribution in [2.45, 2.75) is 31.0 Å². The third-order valence-electron chi connectivity index (χ3n) is 5.72. The van der Waals surface area contributed by atoms with Crippen LogP contribution in [0.4, 0.5) is 0 Å². The monoisotopic (exact) mass is 534 g/mol. The molecule has 4 aromatic rings. The highest BCUT2D eigenvalue weighted by atomic mass is 31.2. The Labute approximate surface area is 218 Å². The molecule has 0 spiro atoms. The zero-order valence-electron chi connectivity index (χ0n) is 20.1. The zero-order valence-corrected chi connectivity index (χ0v) is 21.9. The van der Waals surface area contributed by atoms with E-state index in [2.05, 4.69) is 0 Å². The van der Waals surface area contributed by atoms with Gasteiger partial charge in [-0.05, 0) is 22.3 Å². The molecule has 0 radical (unpaired) electrons. The van der Waals surface area contributed by atoms with Crippen molar-refractivity contribution < 1.29 is 28.0 Å². The van der Waals surface area contributed by atoms with Crippen molar-refractivity contribution in [3.63, 3.8) is 0 Å². The Morgan fingerprint density at radius 2 is 1.08 bits per heavy atom. The summed E-state index contributed by atoms with van der Waals surface area (Å²) in [4.78, 5) is 11.4. The summed E-state index contributed by atoms with van der Waals surface area (Å²) in [5.74, 6) is 0. The van der Waals surface area contributed by atoms with Gasteiger partial charge in [0.15, 0.2) is 0 Å². The van der Waals surface area contributed by atoms with Crippen LogP contribution in [0.25, 0.3) is 0 Å². The molecule has 8 heteroatoms. The minimum absolute atomic E-state index is 0.104. The van der Waals surface area contributed by atoms with Crippen molar-refractivity contribution >= 4 is 16.1 Å². The largest absolute Gasteiger partial charge is 0.400 e. The Kier molecular flexibility index (Phi) is 9.54. The highest BCUT2D eigenvalue weighted by Crippen LogP contribution is 2.64. The summed E-state index contributed by atoms with van der Waals surface area (Å²) in [5.41, 5.74) is 3.06. The lowest BCUT2D eigenvalue weighted by Gasteiger charge is -2.33. The van der Waals surface area contributed by atoms with Gasteiger partial charge < -0.3 is 14.4 Å². The Balaban J connectivity index is 1.65. The third-order valence-corrected chi connectivity index (χ3v) is 8.72. The Morgan fingerprint density at radius 3 is 1.51 bits per heavy atom. The van der Waals surface area contributed by atoms with E-state index in [0.29, 0.717) is 12.0 Å². The van der Waals surface area contributed by atoms with Crippen LogP contribution in [0.2, 0.25) is 0 Å². The number of ether oxygens (including phenoxy) is 2. The molecule has 2 unspecified atom stereocenters. The molecule has 4 rings (SSSR count). The van der Waals surface area contributed by atoms with Crippen LogP contribution in [0, 0.1) is 0 Å². The molecule has 37 heavy (non-hydrogen) atoms. The number of hydrogen-bond donors (Lipinski definition) is 1. The fraction of sp³-hybridized carbons (Fsp3) is 0.172. The lowest BCUT2D eigenvalue weighted by Crippen LogP contribution is -2.31. The molecule has 0 aliphatic carbocycles.